The molecule has 0 aliphatic heterocycles. The van der Waals surface area contributed by atoms with E-state index in [2.05, 4.69) is 5.32 Å². The van der Waals surface area contributed by atoms with Crippen LogP contribution in [0, 0.1) is 0 Å². The molecule has 3 aromatic rings. The van der Waals surface area contributed by atoms with Crippen molar-refractivity contribution in [2.75, 3.05) is 30.8 Å². The third kappa shape index (κ3) is 8.42. The van der Waals surface area contributed by atoms with E-state index in [-0.39, 0.29) is 23.4 Å². The molecule has 11 heteroatoms. The van der Waals surface area contributed by atoms with Crippen LogP contribution in [0.25, 0.3) is 0 Å². The molecule has 0 aliphatic carbocycles. The van der Waals surface area contributed by atoms with E-state index in [0.717, 1.165) is 14.8 Å². The first-order chi connectivity index (χ1) is 20.0. The fraction of sp³-hybridized carbons (Fsp3) is 0.355. The Morgan fingerprint density at radius 2 is 1.50 bits per heavy atom. The van der Waals surface area contributed by atoms with Crippen molar-refractivity contribution in [1.29, 1.82) is 0 Å². The summed E-state index contributed by atoms with van der Waals surface area (Å²) >= 11 is 1.50. The summed E-state index contributed by atoms with van der Waals surface area (Å²) in [7, 11) is -2.60. The highest BCUT2D eigenvalue weighted by atomic mass is 32.2. The summed E-state index contributed by atoms with van der Waals surface area (Å²) in [6.45, 7) is 7.20. The predicted molar refractivity (Wildman–Crippen MR) is 167 cm³/mol. The van der Waals surface area contributed by atoms with Crippen molar-refractivity contribution in [3.8, 4) is 11.5 Å². The van der Waals surface area contributed by atoms with Crippen molar-refractivity contribution in [2.24, 2.45) is 0 Å². The molecule has 0 aliphatic rings. The highest BCUT2D eigenvalue weighted by molar-refractivity contribution is 7.98. The molecule has 0 bridgehead atoms. The van der Waals surface area contributed by atoms with Gasteiger partial charge in [-0.3, -0.25) is 13.9 Å². The molecule has 0 fully saturated rings. The van der Waals surface area contributed by atoms with Gasteiger partial charge in [0.25, 0.3) is 10.0 Å². The summed E-state index contributed by atoms with van der Waals surface area (Å²) in [5.41, 5.74) is 1.06. The van der Waals surface area contributed by atoms with Gasteiger partial charge in [0.1, 0.15) is 24.1 Å². The van der Waals surface area contributed by atoms with Crippen LogP contribution in [0.2, 0.25) is 0 Å². The normalized spacial score (nSPS) is 12.0. The molecule has 9 nitrogen and oxygen atoms in total. The average molecular weight is 614 g/mol. The van der Waals surface area contributed by atoms with Gasteiger partial charge in [-0.1, -0.05) is 12.1 Å². The minimum atomic E-state index is -4.16. The Morgan fingerprint density at radius 1 is 0.905 bits per heavy atom. The number of anilines is 1. The molecule has 1 atom stereocenters. The van der Waals surface area contributed by atoms with Crippen LogP contribution in [-0.2, 0) is 26.2 Å². The van der Waals surface area contributed by atoms with E-state index in [0.29, 0.717) is 23.8 Å². The number of nitrogens with zero attached hydrogens (tertiary/aromatic N) is 2. The Balaban J connectivity index is 2.03. The molecule has 0 saturated heterocycles. The van der Waals surface area contributed by atoms with Crippen molar-refractivity contribution in [2.45, 2.75) is 56.1 Å². The number of benzene rings is 3. The minimum Gasteiger partial charge on any atom is -0.497 e. The second-order valence-electron chi connectivity index (χ2n) is 9.82. The van der Waals surface area contributed by atoms with Gasteiger partial charge in [-0.05, 0) is 100 Å². The van der Waals surface area contributed by atoms with E-state index in [9.17, 15) is 18.0 Å². The Hall–Kier alpha value is -3.70. The summed E-state index contributed by atoms with van der Waals surface area (Å²) in [5, 5.41) is 2.85. The highest BCUT2D eigenvalue weighted by Crippen LogP contribution is 2.28. The molecule has 3 rings (SSSR count). The van der Waals surface area contributed by atoms with Crippen LogP contribution in [0.15, 0.2) is 82.6 Å². The lowest BCUT2D eigenvalue weighted by Gasteiger charge is -2.32. The van der Waals surface area contributed by atoms with E-state index >= 15 is 0 Å². The van der Waals surface area contributed by atoms with Gasteiger partial charge in [-0.15, -0.1) is 11.8 Å². The summed E-state index contributed by atoms with van der Waals surface area (Å²) in [5.74, 6) is 0.363. The molecule has 226 valence electrons. The van der Waals surface area contributed by atoms with Crippen molar-refractivity contribution in [1.82, 2.24) is 10.2 Å². The molecule has 0 saturated carbocycles. The number of ether oxygens (including phenoxy) is 2. The maximum absolute atomic E-state index is 14.0. The summed E-state index contributed by atoms with van der Waals surface area (Å²) in [4.78, 5) is 29.4. The second-order valence-corrected chi connectivity index (χ2v) is 12.6. The summed E-state index contributed by atoms with van der Waals surface area (Å²) in [6, 6.07) is 19.2. The van der Waals surface area contributed by atoms with Gasteiger partial charge >= 0.3 is 0 Å². The van der Waals surface area contributed by atoms with Crippen LogP contribution in [0.1, 0.15) is 33.3 Å². The fourth-order valence-corrected chi connectivity index (χ4v) is 6.02. The van der Waals surface area contributed by atoms with E-state index < -0.39 is 28.5 Å². The minimum absolute atomic E-state index is 0.0503. The van der Waals surface area contributed by atoms with Gasteiger partial charge in [-0.25, -0.2) is 8.42 Å². The zero-order chi connectivity index (χ0) is 30.9. The number of thioether (sulfide) groups is 1. The number of amides is 2. The molecule has 3 aromatic carbocycles. The number of nitrogens with one attached hydrogen (secondary N) is 1. The van der Waals surface area contributed by atoms with Gasteiger partial charge in [-0.2, -0.15) is 0 Å². The van der Waals surface area contributed by atoms with Gasteiger partial charge in [0.2, 0.25) is 11.8 Å². The predicted octanol–water partition coefficient (Wildman–Crippen LogP) is 4.95. The number of rotatable bonds is 14. The van der Waals surface area contributed by atoms with Crippen LogP contribution in [0.5, 0.6) is 11.5 Å². The van der Waals surface area contributed by atoms with Gasteiger partial charge in [0.05, 0.1) is 24.3 Å². The first kappa shape index (κ1) is 32.8. The highest BCUT2D eigenvalue weighted by Gasteiger charge is 2.32. The zero-order valence-electron chi connectivity index (χ0n) is 24.9. The molecule has 42 heavy (non-hydrogen) atoms. The molecular formula is C31H39N3O6S2. The lowest BCUT2D eigenvalue weighted by molar-refractivity contribution is -0.139. The first-order valence-corrected chi connectivity index (χ1v) is 16.3. The van der Waals surface area contributed by atoms with E-state index in [4.69, 9.17) is 9.47 Å². The number of hydrogen-bond acceptors (Lipinski definition) is 7. The summed E-state index contributed by atoms with van der Waals surface area (Å²) < 4.78 is 39.9. The van der Waals surface area contributed by atoms with Gasteiger partial charge < -0.3 is 19.7 Å². The van der Waals surface area contributed by atoms with E-state index in [1.54, 1.807) is 74.7 Å². The quantitative estimate of drug-likeness (QED) is 0.257. The number of methoxy groups -OCH3 is 1. The van der Waals surface area contributed by atoms with Crippen molar-refractivity contribution < 1.29 is 27.5 Å². The summed E-state index contributed by atoms with van der Waals surface area (Å²) in [6.07, 6.45) is 1.91. The molecule has 0 spiro atoms. The maximum atomic E-state index is 14.0. The third-order valence-electron chi connectivity index (χ3n) is 6.47. The van der Waals surface area contributed by atoms with E-state index in [1.807, 2.05) is 27.0 Å². The van der Waals surface area contributed by atoms with Crippen molar-refractivity contribution in [3.05, 3.63) is 78.4 Å². The smallest absolute Gasteiger partial charge is 0.264 e. The largest absolute Gasteiger partial charge is 0.497 e. The van der Waals surface area contributed by atoms with Crippen LogP contribution < -0.4 is 19.1 Å². The number of sulfonamides is 1. The maximum Gasteiger partial charge on any atom is 0.264 e. The molecule has 0 aromatic heterocycles. The number of carbonyl (C=O) groups is 2. The Morgan fingerprint density at radius 3 is 2.02 bits per heavy atom. The topological polar surface area (TPSA) is 105 Å². The Kier molecular flexibility index (Phi) is 11.7. The number of carbonyl (C=O) groups excluding carboxylic acids is 2. The second kappa shape index (κ2) is 15.0. The van der Waals surface area contributed by atoms with Crippen LogP contribution in [0.4, 0.5) is 5.69 Å². The lowest BCUT2D eigenvalue weighted by atomic mass is 10.1. The average Bonchev–Trinajstić information content (AvgIpc) is 2.98. The molecular weight excluding hydrogens is 574 g/mol. The SMILES string of the molecule is CCOc1ccc(N(CC(=O)N(Cc2ccc(OC)cc2)[C@H](C)C(=O)NC(C)C)S(=O)(=O)c2ccc(SC)cc2)cc1. The number of hydrogen-bond donors (Lipinski definition) is 1. The van der Waals surface area contributed by atoms with Crippen LogP contribution >= 0.6 is 11.8 Å². The molecule has 0 unspecified atom stereocenters. The molecule has 1 N–H and O–H groups in total. The zero-order valence-corrected chi connectivity index (χ0v) is 26.5. The molecule has 2 amide bonds. The van der Waals surface area contributed by atoms with Crippen molar-refractivity contribution in [3.63, 3.8) is 0 Å². The van der Waals surface area contributed by atoms with Crippen LogP contribution in [0.3, 0.4) is 0 Å². The van der Waals surface area contributed by atoms with Crippen molar-refractivity contribution >= 4 is 39.3 Å². The fourth-order valence-electron chi connectivity index (χ4n) is 4.19. The molecule has 0 radical (unpaired) electrons. The van der Waals surface area contributed by atoms with E-state index in [1.165, 1.54) is 28.8 Å². The third-order valence-corrected chi connectivity index (χ3v) is 9.00. The van der Waals surface area contributed by atoms with Crippen LogP contribution in [-0.4, -0.2) is 63.7 Å². The Bertz CT molecular complexity index is 1430. The molecule has 0 heterocycles. The monoisotopic (exact) mass is 613 g/mol. The Labute approximate surface area is 253 Å². The standard InChI is InChI=1S/C31H39N3O6S2/c1-7-40-27-14-10-25(11-15-27)34(42(37,38)29-18-16-28(41-6)17-19-29)21-30(35)33(23(4)31(36)32-22(2)3)20-24-8-12-26(39-5)13-9-24/h8-19,22-23H,7,20-21H2,1-6H3,(H,32,36)/t23-/m1/s1. The lowest BCUT2D eigenvalue weighted by Crippen LogP contribution is -2.52. The van der Waals surface area contributed by atoms with Gasteiger partial charge in [0, 0.05) is 17.5 Å². The first-order valence-electron chi connectivity index (χ1n) is 13.6. The van der Waals surface area contributed by atoms with Gasteiger partial charge in [0.15, 0.2) is 0 Å².